The molecule has 8 heteroatoms. The molecule has 0 aliphatic heterocycles. The van der Waals surface area contributed by atoms with Gasteiger partial charge in [-0.25, -0.2) is 4.79 Å². The van der Waals surface area contributed by atoms with Crippen molar-refractivity contribution in [3.8, 4) is 11.5 Å². The molecule has 4 aromatic rings. The van der Waals surface area contributed by atoms with Gasteiger partial charge in [-0.05, 0) is 54.1 Å². The van der Waals surface area contributed by atoms with E-state index < -0.39 is 5.25 Å². The van der Waals surface area contributed by atoms with Crippen molar-refractivity contribution in [3.05, 3.63) is 109 Å². The monoisotopic (exact) mass is 513 g/mol. The lowest BCUT2D eigenvalue weighted by Crippen LogP contribution is -2.20. The number of para-hydroxylation sites is 1. The molecular weight excluding hydrogens is 486 g/mol. The van der Waals surface area contributed by atoms with Crippen molar-refractivity contribution in [1.29, 1.82) is 0 Å². The first-order chi connectivity index (χ1) is 18.1. The van der Waals surface area contributed by atoms with E-state index in [-0.39, 0.29) is 11.9 Å². The van der Waals surface area contributed by atoms with Crippen LogP contribution in [0.25, 0.3) is 0 Å². The molecule has 7 nitrogen and oxygen atoms in total. The Hall–Kier alpha value is -4.43. The van der Waals surface area contributed by atoms with Gasteiger partial charge in [-0.2, -0.15) is 0 Å². The molecule has 0 fully saturated rings. The quantitative estimate of drug-likeness (QED) is 0.214. The zero-order chi connectivity index (χ0) is 26.0. The number of hydrogen-bond donors (Lipinski definition) is 3. The lowest BCUT2D eigenvalue weighted by molar-refractivity contribution is -0.115. The van der Waals surface area contributed by atoms with E-state index in [1.165, 1.54) is 11.8 Å². The van der Waals surface area contributed by atoms with Crippen LogP contribution in [-0.4, -0.2) is 26.2 Å². The van der Waals surface area contributed by atoms with Gasteiger partial charge in [0.1, 0.15) is 16.7 Å². The first kappa shape index (κ1) is 25.7. The third-order valence-corrected chi connectivity index (χ3v) is 6.67. The number of amides is 3. The highest BCUT2D eigenvalue weighted by Crippen LogP contribution is 2.38. The maximum absolute atomic E-state index is 13.5. The van der Waals surface area contributed by atoms with Crippen molar-refractivity contribution >= 4 is 40.8 Å². The minimum atomic E-state index is -0.530. The summed E-state index contributed by atoms with van der Waals surface area (Å²) in [5, 5.41) is 8.06. The summed E-state index contributed by atoms with van der Waals surface area (Å²) in [5.74, 6) is 0.946. The van der Waals surface area contributed by atoms with Gasteiger partial charge in [-0.1, -0.05) is 48.5 Å². The molecule has 3 N–H and O–H groups in total. The Labute approximate surface area is 220 Å². The number of thioether (sulfide) groups is 1. The van der Waals surface area contributed by atoms with E-state index in [0.29, 0.717) is 28.6 Å². The fraction of sp³-hybridized carbons (Fsp3) is 0.103. The average Bonchev–Trinajstić information content (AvgIpc) is 2.93. The molecule has 37 heavy (non-hydrogen) atoms. The fourth-order valence-corrected chi connectivity index (χ4v) is 4.60. The van der Waals surface area contributed by atoms with Crippen molar-refractivity contribution < 1.29 is 19.1 Å². The summed E-state index contributed by atoms with van der Waals surface area (Å²) in [6.45, 7) is 0. The highest BCUT2D eigenvalue weighted by Gasteiger charge is 2.23. The molecule has 0 saturated heterocycles. The number of benzene rings is 4. The van der Waals surface area contributed by atoms with Gasteiger partial charge >= 0.3 is 6.03 Å². The molecule has 1 unspecified atom stereocenters. The fourth-order valence-electron chi connectivity index (χ4n) is 3.58. The molecule has 0 bridgehead atoms. The number of nitrogens with one attached hydrogen (secondary N) is 3. The normalized spacial score (nSPS) is 11.2. The standard InChI is InChI=1S/C29H27N3O4S/c1-35-23-15-18-26(36-2)25(19-23)32-28(33)27(20-9-5-3-6-10-20)37-24-16-13-22(14-17-24)31-29(34)30-21-11-7-4-8-12-21/h3-19,27H,1-2H3,(H,32,33)(H2,30,31,34). The Bertz CT molecular complexity index is 1330. The Morgan fingerprint density at radius 1 is 0.703 bits per heavy atom. The van der Waals surface area contributed by atoms with Crippen LogP contribution in [0.4, 0.5) is 21.9 Å². The van der Waals surface area contributed by atoms with Gasteiger partial charge in [-0.15, -0.1) is 11.8 Å². The topological polar surface area (TPSA) is 88.7 Å². The van der Waals surface area contributed by atoms with Crippen LogP contribution < -0.4 is 25.4 Å². The molecule has 188 valence electrons. The molecule has 1 atom stereocenters. The molecule has 0 aromatic heterocycles. The summed E-state index contributed by atoms with van der Waals surface area (Å²) in [5.41, 5.74) is 2.73. The van der Waals surface area contributed by atoms with Gasteiger partial charge in [0.2, 0.25) is 5.91 Å². The number of carbonyl (C=O) groups excluding carboxylic acids is 2. The molecule has 0 radical (unpaired) electrons. The van der Waals surface area contributed by atoms with Crippen LogP contribution in [0.5, 0.6) is 11.5 Å². The smallest absolute Gasteiger partial charge is 0.323 e. The number of hydrogen-bond acceptors (Lipinski definition) is 5. The van der Waals surface area contributed by atoms with Gasteiger partial charge in [0, 0.05) is 22.3 Å². The van der Waals surface area contributed by atoms with E-state index in [2.05, 4.69) is 16.0 Å². The van der Waals surface area contributed by atoms with E-state index in [9.17, 15) is 9.59 Å². The lowest BCUT2D eigenvalue weighted by atomic mass is 10.1. The van der Waals surface area contributed by atoms with Gasteiger partial charge < -0.3 is 25.4 Å². The predicted octanol–water partition coefficient (Wildman–Crippen LogP) is 6.82. The number of rotatable bonds is 9. The van der Waals surface area contributed by atoms with Crippen molar-refractivity contribution in [1.82, 2.24) is 0 Å². The number of carbonyl (C=O) groups is 2. The predicted molar refractivity (Wildman–Crippen MR) is 149 cm³/mol. The Kier molecular flexibility index (Phi) is 8.67. The van der Waals surface area contributed by atoms with Gasteiger partial charge in [-0.3, -0.25) is 4.79 Å². The van der Waals surface area contributed by atoms with Crippen molar-refractivity contribution in [2.45, 2.75) is 10.1 Å². The summed E-state index contributed by atoms with van der Waals surface area (Å²) in [7, 11) is 3.12. The van der Waals surface area contributed by atoms with Crippen molar-refractivity contribution in [3.63, 3.8) is 0 Å². The summed E-state index contributed by atoms with van der Waals surface area (Å²) >= 11 is 1.41. The average molecular weight is 514 g/mol. The molecule has 4 rings (SSSR count). The van der Waals surface area contributed by atoms with Gasteiger partial charge in [0.05, 0.1) is 19.9 Å². The highest BCUT2D eigenvalue weighted by molar-refractivity contribution is 8.00. The molecule has 0 aliphatic carbocycles. The van der Waals surface area contributed by atoms with Crippen molar-refractivity contribution in [2.24, 2.45) is 0 Å². The van der Waals surface area contributed by atoms with E-state index in [0.717, 1.165) is 10.5 Å². The first-order valence-electron chi connectivity index (χ1n) is 11.5. The second kappa shape index (κ2) is 12.5. The molecule has 0 spiro atoms. The van der Waals surface area contributed by atoms with E-state index >= 15 is 0 Å². The van der Waals surface area contributed by atoms with Crippen LogP contribution in [0.3, 0.4) is 0 Å². The van der Waals surface area contributed by atoms with Crippen LogP contribution in [0, 0.1) is 0 Å². The minimum Gasteiger partial charge on any atom is -0.497 e. The third kappa shape index (κ3) is 7.05. The molecule has 0 heterocycles. The molecule has 3 amide bonds. The maximum Gasteiger partial charge on any atom is 0.323 e. The first-order valence-corrected chi connectivity index (χ1v) is 12.4. The maximum atomic E-state index is 13.5. The number of anilines is 3. The van der Waals surface area contributed by atoms with Crippen LogP contribution in [0.2, 0.25) is 0 Å². The zero-order valence-corrected chi connectivity index (χ0v) is 21.3. The van der Waals surface area contributed by atoms with Crippen LogP contribution in [0.1, 0.15) is 10.8 Å². The number of urea groups is 1. The van der Waals surface area contributed by atoms with E-state index in [1.54, 1.807) is 44.6 Å². The van der Waals surface area contributed by atoms with Crippen molar-refractivity contribution in [2.75, 3.05) is 30.2 Å². The minimum absolute atomic E-state index is 0.202. The SMILES string of the molecule is COc1ccc(OC)c(NC(=O)C(Sc2ccc(NC(=O)Nc3ccccc3)cc2)c2ccccc2)c1. The van der Waals surface area contributed by atoms with Crippen LogP contribution in [-0.2, 0) is 4.79 Å². The molecule has 4 aromatic carbocycles. The van der Waals surface area contributed by atoms with Gasteiger partial charge in [0.15, 0.2) is 0 Å². The second-order valence-electron chi connectivity index (χ2n) is 7.93. The van der Waals surface area contributed by atoms with Crippen LogP contribution in [0.15, 0.2) is 108 Å². The molecular formula is C29H27N3O4S. The Balaban J connectivity index is 1.48. The second-order valence-corrected chi connectivity index (χ2v) is 9.11. The summed E-state index contributed by atoms with van der Waals surface area (Å²) in [6, 6.07) is 31.0. The Morgan fingerprint density at radius 3 is 1.95 bits per heavy atom. The van der Waals surface area contributed by atoms with Crippen LogP contribution >= 0.6 is 11.8 Å². The van der Waals surface area contributed by atoms with E-state index in [1.807, 2.05) is 72.8 Å². The summed E-state index contributed by atoms with van der Waals surface area (Å²) in [6.07, 6.45) is 0. The summed E-state index contributed by atoms with van der Waals surface area (Å²) < 4.78 is 10.7. The number of methoxy groups -OCH3 is 2. The Morgan fingerprint density at radius 2 is 1.32 bits per heavy atom. The number of ether oxygens (including phenoxy) is 2. The summed E-state index contributed by atoms with van der Waals surface area (Å²) in [4.78, 5) is 26.6. The highest BCUT2D eigenvalue weighted by atomic mass is 32.2. The largest absolute Gasteiger partial charge is 0.497 e. The molecule has 0 saturated carbocycles. The lowest BCUT2D eigenvalue weighted by Gasteiger charge is -2.19. The van der Waals surface area contributed by atoms with E-state index in [4.69, 9.17) is 9.47 Å². The molecule has 0 aliphatic rings. The zero-order valence-electron chi connectivity index (χ0n) is 20.4. The van der Waals surface area contributed by atoms with Gasteiger partial charge in [0.25, 0.3) is 0 Å². The third-order valence-electron chi connectivity index (χ3n) is 5.40.